The molecule has 0 aliphatic carbocycles. The van der Waals surface area contributed by atoms with Gasteiger partial charge in [-0.25, -0.2) is 4.98 Å². The molecule has 1 aromatic heterocycles. The second-order valence-corrected chi connectivity index (χ2v) is 4.70. The Bertz CT molecular complexity index is 485. The van der Waals surface area contributed by atoms with Gasteiger partial charge in [-0.05, 0) is 23.6 Å². The largest absolute Gasteiger partial charge is 0.331 e. The Morgan fingerprint density at radius 1 is 1.28 bits per heavy atom. The van der Waals surface area contributed by atoms with Crippen molar-refractivity contribution in [3.8, 4) is 0 Å². The van der Waals surface area contributed by atoms with Gasteiger partial charge in [-0.1, -0.05) is 38.1 Å². The minimum absolute atomic E-state index is 0.429. The van der Waals surface area contributed by atoms with Gasteiger partial charge >= 0.3 is 0 Å². The Morgan fingerprint density at radius 2 is 2.00 bits per heavy atom. The third-order valence-electron chi connectivity index (χ3n) is 3.37. The average Bonchev–Trinajstić information content (AvgIpc) is 2.86. The van der Waals surface area contributed by atoms with E-state index in [9.17, 15) is 0 Å². The van der Waals surface area contributed by atoms with Gasteiger partial charge in [0.05, 0.1) is 0 Å². The summed E-state index contributed by atoms with van der Waals surface area (Å²) in [6.07, 6.45) is 4.87. The van der Waals surface area contributed by atoms with Crippen LogP contribution in [0.5, 0.6) is 0 Å². The van der Waals surface area contributed by atoms with Crippen LogP contribution in [0.4, 0.5) is 0 Å². The summed E-state index contributed by atoms with van der Waals surface area (Å²) in [5, 5.41) is 0. The SMILES string of the molecule is CCc1nccn1Cc1ccc(C(C)CN)cc1. The quantitative estimate of drug-likeness (QED) is 0.877. The predicted octanol–water partition coefficient (Wildman–Crippen LogP) is 2.56. The van der Waals surface area contributed by atoms with Crippen molar-refractivity contribution >= 4 is 0 Å². The minimum atomic E-state index is 0.429. The lowest BCUT2D eigenvalue weighted by Crippen LogP contribution is -2.09. The van der Waals surface area contributed by atoms with Crippen LogP contribution in [-0.4, -0.2) is 16.1 Å². The molecule has 3 nitrogen and oxygen atoms in total. The minimum Gasteiger partial charge on any atom is -0.331 e. The zero-order valence-electron chi connectivity index (χ0n) is 11.1. The van der Waals surface area contributed by atoms with Gasteiger partial charge in [-0.15, -0.1) is 0 Å². The van der Waals surface area contributed by atoms with Crippen LogP contribution in [-0.2, 0) is 13.0 Å². The van der Waals surface area contributed by atoms with Gasteiger partial charge < -0.3 is 10.3 Å². The molecular weight excluding hydrogens is 222 g/mol. The molecule has 1 heterocycles. The zero-order valence-corrected chi connectivity index (χ0v) is 11.1. The number of nitrogens with zero attached hydrogens (tertiary/aromatic N) is 2. The average molecular weight is 243 g/mol. The molecule has 0 spiro atoms. The zero-order chi connectivity index (χ0) is 13.0. The van der Waals surface area contributed by atoms with Gasteiger partial charge in [0.1, 0.15) is 5.82 Å². The maximum atomic E-state index is 5.68. The van der Waals surface area contributed by atoms with Crippen molar-refractivity contribution in [3.63, 3.8) is 0 Å². The van der Waals surface area contributed by atoms with Crippen LogP contribution in [0.25, 0.3) is 0 Å². The fourth-order valence-electron chi connectivity index (χ4n) is 2.08. The lowest BCUT2D eigenvalue weighted by atomic mass is 10.00. The molecule has 1 unspecified atom stereocenters. The molecular formula is C15H21N3. The summed E-state index contributed by atoms with van der Waals surface area (Å²) < 4.78 is 2.20. The number of imidazole rings is 1. The summed E-state index contributed by atoms with van der Waals surface area (Å²) in [5.41, 5.74) is 8.29. The fourth-order valence-corrected chi connectivity index (χ4v) is 2.08. The number of aryl methyl sites for hydroxylation is 1. The maximum Gasteiger partial charge on any atom is 0.108 e. The first-order valence-corrected chi connectivity index (χ1v) is 6.53. The van der Waals surface area contributed by atoms with Crippen molar-refractivity contribution in [1.82, 2.24) is 9.55 Å². The van der Waals surface area contributed by atoms with E-state index in [0.717, 1.165) is 18.8 Å². The molecule has 2 aromatic rings. The first-order valence-electron chi connectivity index (χ1n) is 6.53. The molecule has 96 valence electrons. The third-order valence-corrected chi connectivity index (χ3v) is 3.37. The van der Waals surface area contributed by atoms with Crippen molar-refractivity contribution < 1.29 is 0 Å². The van der Waals surface area contributed by atoms with Gasteiger partial charge in [0.15, 0.2) is 0 Å². The molecule has 0 bridgehead atoms. The summed E-state index contributed by atoms with van der Waals surface area (Å²) in [4.78, 5) is 4.34. The van der Waals surface area contributed by atoms with Crippen molar-refractivity contribution in [1.29, 1.82) is 0 Å². The van der Waals surface area contributed by atoms with Crippen LogP contribution in [0, 0.1) is 0 Å². The number of benzene rings is 1. The summed E-state index contributed by atoms with van der Waals surface area (Å²) in [5.74, 6) is 1.56. The molecule has 0 saturated carbocycles. The van der Waals surface area contributed by atoms with E-state index in [1.165, 1.54) is 11.1 Å². The van der Waals surface area contributed by atoms with Gasteiger partial charge in [0, 0.05) is 25.4 Å². The first kappa shape index (κ1) is 12.8. The van der Waals surface area contributed by atoms with Gasteiger partial charge in [0.25, 0.3) is 0 Å². The van der Waals surface area contributed by atoms with Crippen LogP contribution in [0.2, 0.25) is 0 Å². The van der Waals surface area contributed by atoms with E-state index < -0.39 is 0 Å². The summed E-state index contributed by atoms with van der Waals surface area (Å²) in [6.45, 7) is 5.87. The molecule has 0 radical (unpaired) electrons. The Morgan fingerprint density at radius 3 is 2.61 bits per heavy atom. The Kier molecular flexibility index (Phi) is 4.15. The molecule has 1 aromatic carbocycles. The van der Waals surface area contributed by atoms with Crippen LogP contribution in [0.15, 0.2) is 36.7 Å². The molecule has 2 rings (SSSR count). The van der Waals surface area contributed by atoms with Crippen molar-refractivity contribution in [3.05, 3.63) is 53.6 Å². The van der Waals surface area contributed by atoms with E-state index in [4.69, 9.17) is 5.73 Å². The fraction of sp³-hybridized carbons (Fsp3) is 0.400. The highest BCUT2D eigenvalue weighted by atomic mass is 15.1. The van der Waals surface area contributed by atoms with Crippen molar-refractivity contribution in [2.45, 2.75) is 32.7 Å². The van der Waals surface area contributed by atoms with E-state index >= 15 is 0 Å². The predicted molar refractivity (Wildman–Crippen MR) is 74.6 cm³/mol. The van der Waals surface area contributed by atoms with Gasteiger partial charge in [0.2, 0.25) is 0 Å². The highest BCUT2D eigenvalue weighted by Crippen LogP contribution is 2.15. The Labute approximate surface area is 109 Å². The van der Waals surface area contributed by atoms with E-state index in [-0.39, 0.29) is 0 Å². The monoisotopic (exact) mass is 243 g/mol. The molecule has 0 saturated heterocycles. The summed E-state index contributed by atoms with van der Waals surface area (Å²) in [7, 11) is 0. The second-order valence-electron chi connectivity index (χ2n) is 4.70. The maximum absolute atomic E-state index is 5.68. The standard InChI is InChI=1S/C15H21N3/c1-3-15-17-8-9-18(15)11-13-4-6-14(7-5-13)12(2)10-16/h4-9,12H,3,10-11,16H2,1-2H3. The lowest BCUT2D eigenvalue weighted by Gasteiger charge is -2.11. The summed E-state index contributed by atoms with van der Waals surface area (Å²) in [6, 6.07) is 8.71. The van der Waals surface area contributed by atoms with Crippen LogP contribution >= 0.6 is 0 Å². The van der Waals surface area contributed by atoms with Crippen LogP contribution < -0.4 is 5.73 Å². The number of nitrogens with two attached hydrogens (primary N) is 1. The van der Waals surface area contributed by atoms with Gasteiger partial charge in [-0.2, -0.15) is 0 Å². The van der Waals surface area contributed by atoms with Crippen LogP contribution in [0.1, 0.15) is 36.7 Å². The smallest absolute Gasteiger partial charge is 0.108 e. The van der Waals surface area contributed by atoms with E-state index in [1.54, 1.807) is 0 Å². The normalized spacial score (nSPS) is 12.6. The molecule has 0 aliphatic rings. The highest BCUT2D eigenvalue weighted by molar-refractivity contribution is 5.25. The first-order chi connectivity index (χ1) is 8.74. The molecule has 1 atom stereocenters. The number of rotatable bonds is 5. The van der Waals surface area contributed by atoms with Crippen molar-refractivity contribution in [2.24, 2.45) is 5.73 Å². The second kappa shape index (κ2) is 5.83. The highest BCUT2D eigenvalue weighted by Gasteiger charge is 2.04. The molecule has 18 heavy (non-hydrogen) atoms. The van der Waals surface area contributed by atoms with E-state index in [1.807, 2.05) is 12.4 Å². The van der Waals surface area contributed by atoms with Gasteiger partial charge in [-0.3, -0.25) is 0 Å². The Hall–Kier alpha value is -1.61. The molecule has 3 heteroatoms. The number of hydrogen-bond donors (Lipinski definition) is 1. The third kappa shape index (κ3) is 2.79. The topological polar surface area (TPSA) is 43.8 Å². The molecule has 0 fully saturated rings. The summed E-state index contributed by atoms with van der Waals surface area (Å²) >= 11 is 0. The molecule has 0 aliphatic heterocycles. The molecule has 0 amide bonds. The van der Waals surface area contributed by atoms with Crippen molar-refractivity contribution in [2.75, 3.05) is 6.54 Å². The number of hydrogen-bond acceptors (Lipinski definition) is 2. The lowest BCUT2D eigenvalue weighted by molar-refractivity contribution is 0.729. The molecule has 2 N–H and O–H groups in total. The van der Waals surface area contributed by atoms with E-state index in [2.05, 4.69) is 47.7 Å². The van der Waals surface area contributed by atoms with Crippen LogP contribution in [0.3, 0.4) is 0 Å². The Balaban J connectivity index is 2.11. The number of aromatic nitrogens is 2. The van der Waals surface area contributed by atoms with E-state index in [0.29, 0.717) is 12.5 Å².